The Morgan fingerprint density at radius 1 is 1.10 bits per heavy atom. The van der Waals surface area contributed by atoms with E-state index in [0.717, 1.165) is 24.8 Å². The zero-order valence-corrected chi connectivity index (χ0v) is 19.1. The molecule has 0 radical (unpaired) electrons. The maximum absolute atomic E-state index is 11.5. The standard InChI is InChI=1S/C22H36N4O3S/c1-23-22(24-14-17-29-20-8-10-21(11-9-20)30(2,27)28)25-18-12-15-26(16-13-18)19-6-4-3-5-7-19/h8-11,18-19H,3-7,12-17H2,1-2H3,(H2,23,24,25). The summed E-state index contributed by atoms with van der Waals surface area (Å²) in [5, 5.41) is 6.84. The normalized spacial score (nSPS) is 20.1. The zero-order chi connectivity index (χ0) is 21.4. The highest BCUT2D eigenvalue weighted by molar-refractivity contribution is 7.90. The predicted octanol–water partition coefficient (Wildman–Crippen LogP) is 2.43. The van der Waals surface area contributed by atoms with Gasteiger partial charge in [0.15, 0.2) is 15.8 Å². The van der Waals surface area contributed by atoms with Gasteiger partial charge in [-0.1, -0.05) is 19.3 Å². The lowest BCUT2D eigenvalue weighted by Gasteiger charge is -2.39. The first kappa shape index (κ1) is 22.9. The van der Waals surface area contributed by atoms with Crippen molar-refractivity contribution < 1.29 is 13.2 Å². The van der Waals surface area contributed by atoms with E-state index in [0.29, 0.717) is 29.8 Å². The van der Waals surface area contributed by atoms with Gasteiger partial charge >= 0.3 is 0 Å². The van der Waals surface area contributed by atoms with Gasteiger partial charge in [-0.15, -0.1) is 0 Å². The first-order valence-electron chi connectivity index (χ1n) is 11.1. The van der Waals surface area contributed by atoms with E-state index in [9.17, 15) is 8.42 Å². The number of ether oxygens (including phenoxy) is 1. The summed E-state index contributed by atoms with van der Waals surface area (Å²) in [5.41, 5.74) is 0. The van der Waals surface area contributed by atoms with E-state index in [-0.39, 0.29) is 0 Å². The molecule has 0 atom stereocenters. The highest BCUT2D eigenvalue weighted by Crippen LogP contribution is 2.25. The van der Waals surface area contributed by atoms with E-state index in [1.165, 1.54) is 51.4 Å². The van der Waals surface area contributed by atoms with Gasteiger partial charge in [0.1, 0.15) is 12.4 Å². The SMILES string of the molecule is CN=C(NCCOc1ccc(S(C)(=O)=O)cc1)NC1CCN(C2CCCCC2)CC1. The van der Waals surface area contributed by atoms with Crippen molar-refractivity contribution in [2.24, 2.45) is 4.99 Å². The van der Waals surface area contributed by atoms with Crippen molar-refractivity contribution in [2.75, 3.05) is 39.5 Å². The minimum atomic E-state index is -3.18. The number of hydrogen-bond donors (Lipinski definition) is 2. The fraction of sp³-hybridized carbons (Fsp3) is 0.682. The molecule has 1 saturated heterocycles. The number of sulfone groups is 1. The van der Waals surface area contributed by atoms with Crippen molar-refractivity contribution in [1.29, 1.82) is 0 Å². The number of likely N-dealkylation sites (tertiary alicyclic amines) is 1. The molecule has 2 aliphatic rings. The molecule has 2 N–H and O–H groups in total. The first-order valence-corrected chi connectivity index (χ1v) is 13.0. The third-order valence-corrected chi connectivity index (χ3v) is 7.23. The molecule has 1 heterocycles. The molecule has 3 rings (SSSR count). The monoisotopic (exact) mass is 436 g/mol. The van der Waals surface area contributed by atoms with Crippen LogP contribution < -0.4 is 15.4 Å². The van der Waals surface area contributed by atoms with Crippen molar-refractivity contribution in [3.05, 3.63) is 24.3 Å². The van der Waals surface area contributed by atoms with E-state index in [4.69, 9.17) is 4.74 Å². The summed E-state index contributed by atoms with van der Waals surface area (Å²) in [5.74, 6) is 1.46. The van der Waals surface area contributed by atoms with E-state index < -0.39 is 9.84 Å². The Kier molecular flexibility index (Phi) is 8.39. The number of nitrogens with one attached hydrogen (secondary N) is 2. The van der Waals surface area contributed by atoms with Gasteiger partial charge in [-0.3, -0.25) is 4.99 Å². The molecule has 30 heavy (non-hydrogen) atoms. The molecule has 7 nitrogen and oxygen atoms in total. The Balaban J connectivity index is 1.34. The molecule has 1 aromatic carbocycles. The zero-order valence-electron chi connectivity index (χ0n) is 18.3. The number of aliphatic imine (C=N–C) groups is 1. The summed E-state index contributed by atoms with van der Waals surface area (Å²) in [6, 6.07) is 7.77. The molecular formula is C22H36N4O3S. The first-order chi connectivity index (χ1) is 14.5. The highest BCUT2D eigenvalue weighted by atomic mass is 32.2. The maximum atomic E-state index is 11.5. The van der Waals surface area contributed by atoms with Gasteiger partial charge in [-0.05, 0) is 49.9 Å². The number of nitrogens with zero attached hydrogens (tertiary/aromatic N) is 2. The number of hydrogen-bond acceptors (Lipinski definition) is 5. The minimum Gasteiger partial charge on any atom is -0.492 e. The predicted molar refractivity (Wildman–Crippen MR) is 121 cm³/mol. The number of benzene rings is 1. The second kappa shape index (κ2) is 11.0. The van der Waals surface area contributed by atoms with Crippen molar-refractivity contribution in [3.8, 4) is 5.75 Å². The Morgan fingerprint density at radius 3 is 2.37 bits per heavy atom. The lowest BCUT2D eigenvalue weighted by Crippen LogP contribution is -2.51. The van der Waals surface area contributed by atoms with Crippen LogP contribution in [0.5, 0.6) is 5.75 Å². The minimum absolute atomic E-state index is 0.298. The number of guanidine groups is 1. The smallest absolute Gasteiger partial charge is 0.191 e. The number of rotatable bonds is 7. The summed E-state index contributed by atoms with van der Waals surface area (Å²) >= 11 is 0. The quantitative estimate of drug-likeness (QED) is 0.388. The molecule has 1 aliphatic carbocycles. The van der Waals surface area contributed by atoms with Crippen LogP contribution in [0.3, 0.4) is 0 Å². The van der Waals surface area contributed by atoms with E-state index in [2.05, 4.69) is 20.5 Å². The van der Waals surface area contributed by atoms with Crippen LogP contribution in [0.4, 0.5) is 0 Å². The van der Waals surface area contributed by atoms with Gasteiger partial charge in [0.25, 0.3) is 0 Å². The van der Waals surface area contributed by atoms with E-state index in [1.807, 2.05) is 0 Å². The molecular weight excluding hydrogens is 400 g/mol. The Bertz CT molecular complexity index is 781. The van der Waals surface area contributed by atoms with Crippen LogP contribution in [0.2, 0.25) is 0 Å². The van der Waals surface area contributed by atoms with Crippen LogP contribution >= 0.6 is 0 Å². The molecule has 0 unspecified atom stereocenters. The van der Waals surface area contributed by atoms with Gasteiger partial charge in [0.2, 0.25) is 0 Å². The summed E-state index contributed by atoms with van der Waals surface area (Å²) < 4.78 is 28.7. The Morgan fingerprint density at radius 2 is 1.77 bits per heavy atom. The van der Waals surface area contributed by atoms with Crippen molar-refractivity contribution >= 4 is 15.8 Å². The van der Waals surface area contributed by atoms with Crippen LogP contribution in [0.15, 0.2) is 34.2 Å². The average molecular weight is 437 g/mol. The second-order valence-corrected chi connectivity index (χ2v) is 10.4. The molecule has 1 aliphatic heterocycles. The molecule has 0 spiro atoms. The van der Waals surface area contributed by atoms with Crippen LogP contribution in [0.25, 0.3) is 0 Å². The molecule has 0 bridgehead atoms. The topological polar surface area (TPSA) is 83.0 Å². The van der Waals surface area contributed by atoms with E-state index in [1.54, 1.807) is 31.3 Å². The van der Waals surface area contributed by atoms with Gasteiger partial charge < -0.3 is 20.3 Å². The summed E-state index contributed by atoms with van der Waals surface area (Å²) in [4.78, 5) is 7.32. The lowest BCUT2D eigenvalue weighted by molar-refractivity contribution is 0.119. The summed E-state index contributed by atoms with van der Waals surface area (Å²) in [7, 11) is -1.39. The van der Waals surface area contributed by atoms with Gasteiger partial charge in [0, 0.05) is 38.5 Å². The van der Waals surface area contributed by atoms with Crippen LogP contribution in [0.1, 0.15) is 44.9 Å². The Labute approximate surface area is 181 Å². The van der Waals surface area contributed by atoms with Crippen molar-refractivity contribution in [1.82, 2.24) is 15.5 Å². The van der Waals surface area contributed by atoms with Gasteiger partial charge in [-0.2, -0.15) is 0 Å². The molecule has 1 aromatic rings. The fourth-order valence-electron chi connectivity index (χ4n) is 4.36. The summed E-state index contributed by atoms with van der Waals surface area (Å²) in [6.07, 6.45) is 10.4. The molecule has 0 amide bonds. The molecule has 1 saturated carbocycles. The number of piperidine rings is 1. The molecule has 168 valence electrons. The summed E-state index contributed by atoms with van der Waals surface area (Å²) in [6.45, 7) is 3.44. The maximum Gasteiger partial charge on any atom is 0.191 e. The molecule has 0 aromatic heterocycles. The Hall–Kier alpha value is -1.80. The molecule has 8 heteroatoms. The van der Waals surface area contributed by atoms with Crippen molar-refractivity contribution in [3.63, 3.8) is 0 Å². The van der Waals surface area contributed by atoms with Crippen LogP contribution in [0, 0.1) is 0 Å². The van der Waals surface area contributed by atoms with Gasteiger partial charge in [0.05, 0.1) is 11.4 Å². The van der Waals surface area contributed by atoms with Gasteiger partial charge in [-0.25, -0.2) is 8.42 Å². The van der Waals surface area contributed by atoms with Crippen LogP contribution in [-0.2, 0) is 9.84 Å². The second-order valence-electron chi connectivity index (χ2n) is 8.34. The fourth-order valence-corrected chi connectivity index (χ4v) is 4.99. The van der Waals surface area contributed by atoms with E-state index >= 15 is 0 Å². The lowest BCUT2D eigenvalue weighted by atomic mass is 9.92. The highest BCUT2D eigenvalue weighted by Gasteiger charge is 2.26. The third kappa shape index (κ3) is 6.87. The van der Waals surface area contributed by atoms with Crippen molar-refractivity contribution in [2.45, 2.75) is 61.9 Å². The van der Waals surface area contributed by atoms with Crippen LogP contribution in [-0.4, -0.2) is 70.9 Å². The average Bonchev–Trinajstić information content (AvgIpc) is 2.76. The largest absolute Gasteiger partial charge is 0.492 e. The third-order valence-electron chi connectivity index (χ3n) is 6.10. The molecule has 2 fully saturated rings.